The fourth-order valence-electron chi connectivity index (χ4n) is 2.24. The SMILES string of the molecule is Cn1ccnc1CCn1ccnc1-c1ccc(N)cc1. The topological polar surface area (TPSA) is 61.7 Å². The summed E-state index contributed by atoms with van der Waals surface area (Å²) in [7, 11) is 2.01. The van der Waals surface area contributed by atoms with Crippen LogP contribution in [-0.2, 0) is 20.0 Å². The molecule has 3 rings (SSSR count). The van der Waals surface area contributed by atoms with E-state index in [-0.39, 0.29) is 0 Å². The van der Waals surface area contributed by atoms with Crippen LogP contribution in [0.15, 0.2) is 49.1 Å². The second-order valence-corrected chi connectivity index (χ2v) is 4.77. The van der Waals surface area contributed by atoms with Crippen LogP contribution in [0.25, 0.3) is 11.4 Å². The molecule has 5 heteroatoms. The second kappa shape index (κ2) is 5.21. The Labute approximate surface area is 117 Å². The molecular weight excluding hydrogens is 250 g/mol. The van der Waals surface area contributed by atoms with Crippen molar-refractivity contribution in [3.8, 4) is 11.4 Å². The molecule has 0 aliphatic rings. The average molecular weight is 267 g/mol. The van der Waals surface area contributed by atoms with Crippen molar-refractivity contribution in [2.75, 3.05) is 5.73 Å². The first-order valence-electron chi connectivity index (χ1n) is 6.57. The molecule has 0 aliphatic heterocycles. The summed E-state index contributed by atoms with van der Waals surface area (Å²) in [6.07, 6.45) is 8.48. The van der Waals surface area contributed by atoms with Crippen molar-refractivity contribution in [3.63, 3.8) is 0 Å². The van der Waals surface area contributed by atoms with E-state index in [2.05, 4.69) is 14.5 Å². The zero-order chi connectivity index (χ0) is 13.9. The monoisotopic (exact) mass is 267 g/mol. The predicted molar refractivity (Wildman–Crippen MR) is 79.0 cm³/mol. The van der Waals surface area contributed by atoms with E-state index in [4.69, 9.17) is 5.73 Å². The molecule has 102 valence electrons. The number of nitrogen functional groups attached to an aromatic ring is 1. The van der Waals surface area contributed by atoms with Crippen LogP contribution < -0.4 is 5.73 Å². The van der Waals surface area contributed by atoms with Gasteiger partial charge in [0.15, 0.2) is 0 Å². The molecular formula is C15H17N5. The number of nitrogens with two attached hydrogens (primary N) is 1. The number of anilines is 1. The quantitative estimate of drug-likeness (QED) is 0.736. The van der Waals surface area contributed by atoms with Crippen LogP contribution in [0.3, 0.4) is 0 Å². The van der Waals surface area contributed by atoms with Crippen molar-refractivity contribution in [3.05, 3.63) is 54.9 Å². The third-order valence-electron chi connectivity index (χ3n) is 3.38. The van der Waals surface area contributed by atoms with Gasteiger partial charge < -0.3 is 14.9 Å². The zero-order valence-electron chi connectivity index (χ0n) is 11.4. The fraction of sp³-hybridized carbons (Fsp3) is 0.200. The van der Waals surface area contributed by atoms with Crippen molar-refractivity contribution in [1.29, 1.82) is 0 Å². The highest BCUT2D eigenvalue weighted by atomic mass is 15.1. The fourth-order valence-corrected chi connectivity index (χ4v) is 2.24. The molecule has 2 N–H and O–H groups in total. The summed E-state index contributed by atoms with van der Waals surface area (Å²) in [5, 5.41) is 0. The van der Waals surface area contributed by atoms with E-state index in [9.17, 15) is 0 Å². The summed E-state index contributed by atoms with van der Waals surface area (Å²) >= 11 is 0. The smallest absolute Gasteiger partial charge is 0.139 e. The molecule has 0 fully saturated rings. The maximum atomic E-state index is 5.72. The van der Waals surface area contributed by atoms with Gasteiger partial charge in [-0.05, 0) is 24.3 Å². The van der Waals surface area contributed by atoms with Gasteiger partial charge in [0.2, 0.25) is 0 Å². The molecule has 0 saturated carbocycles. The highest BCUT2D eigenvalue weighted by Crippen LogP contribution is 2.19. The number of aromatic nitrogens is 4. The van der Waals surface area contributed by atoms with Crippen LogP contribution in [0.2, 0.25) is 0 Å². The lowest BCUT2D eigenvalue weighted by molar-refractivity contribution is 0.655. The Bertz CT molecular complexity index is 693. The normalized spacial score (nSPS) is 10.8. The average Bonchev–Trinajstić information content (AvgIpc) is 3.06. The van der Waals surface area contributed by atoms with Crippen molar-refractivity contribution in [2.45, 2.75) is 13.0 Å². The van der Waals surface area contributed by atoms with Gasteiger partial charge in [-0.2, -0.15) is 0 Å². The maximum absolute atomic E-state index is 5.72. The van der Waals surface area contributed by atoms with Gasteiger partial charge in [-0.15, -0.1) is 0 Å². The molecule has 3 aromatic rings. The number of benzene rings is 1. The third kappa shape index (κ3) is 2.42. The summed E-state index contributed by atoms with van der Waals surface area (Å²) in [5.74, 6) is 2.03. The van der Waals surface area contributed by atoms with Gasteiger partial charge in [-0.3, -0.25) is 0 Å². The molecule has 0 aliphatic carbocycles. The van der Waals surface area contributed by atoms with Gasteiger partial charge in [-0.1, -0.05) is 0 Å². The first-order chi connectivity index (χ1) is 9.74. The molecule has 2 heterocycles. The Morgan fingerprint density at radius 3 is 2.50 bits per heavy atom. The van der Waals surface area contributed by atoms with Crippen molar-refractivity contribution in [1.82, 2.24) is 19.1 Å². The molecule has 0 saturated heterocycles. The van der Waals surface area contributed by atoms with Crippen LogP contribution in [0.1, 0.15) is 5.82 Å². The van der Waals surface area contributed by atoms with Gasteiger partial charge >= 0.3 is 0 Å². The van der Waals surface area contributed by atoms with E-state index in [1.165, 1.54) is 0 Å². The number of aryl methyl sites for hydroxylation is 3. The van der Waals surface area contributed by atoms with E-state index in [0.29, 0.717) is 0 Å². The van der Waals surface area contributed by atoms with E-state index in [1.807, 2.05) is 60.7 Å². The molecule has 0 spiro atoms. The minimum Gasteiger partial charge on any atom is -0.399 e. The van der Waals surface area contributed by atoms with E-state index in [1.54, 1.807) is 0 Å². The first kappa shape index (κ1) is 12.5. The third-order valence-corrected chi connectivity index (χ3v) is 3.38. The molecule has 5 nitrogen and oxygen atoms in total. The molecule has 2 aromatic heterocycles. The zero-order valence-corrected chi connectivity index (χ0v) is 11.4. The lowest BCUT2D eigenvalue weighted by Crippen LogP contribution is -2.06. The molecule has 0 atom stereocenters. The van der Waals surface area contributed by atoms with Crippen molar-refractivity contribution >= 4 is 5.69 Å². The number of hydrogen-bond acceptors (Lipinski definition) is 3. The van der Waals surface area contributed by atoms with Gasteiger partial charge in [0.25, 0.3) is 0 Å². The summed E-state index contributed by atoms with van der Waals surface area (Å²) in [6, 6.07) is 7.78. The molecule has 20 heavy (non-hydrogen) atoms. The van der Waals surface area contributed by atoms with Gasteiger partial charge in [0, 0.05) is 56.1 Å². The number of imidazole rings is 2. The summed E-state index contributed by atoms with van der Waals surface area (Å²) < 4.78 is 4.18. The minimum absolute atomic E-state index is 0.764. The number of hydrogen-bond donors (Lipinski definition) is 1. The Balaban J connectivity index is 1.80. The van der Waals surface area contributed by atoms with Gasteiger partial charge in [0.05, 0.1) is 0 Å². The minimum atomic E-state index is 0.764. The van der Waals surface area contributed by atoms with Crippen LogP contribution in [0, 0.1) is 0 Å². The lowest BCUT2D eigenvalue weighted by Gasteiger charge is -2.08. The van der Waals surface area contributed by atoms with Crippen LogP contribution in [-0.4, -0.2) is 19.1 Å². The Morgan fingerprint density at radius 1 is 1.05 bits per heavy atom. The molecule has 1 aromatic carbocycles. The summed E-state index contributed by atoms with van der Waals surface area (Å²) in [6.45, 7) is 0.852. The second-order valence-electron chi connectivity index (χ2n) is 4.77. The predicted octanol–water partition coefficient (Wildman–Crippen LogP) is 2.11. The molecule has 0 amide bonds. The highest BCUT2D eigenvalue weighted by molar-refractivity contribution is 5.59. The number of nitrogens with zero attached hydrogens (tertiary/aromatic N) is 4. The van der Waals surface area contributed by atoms with Crippen LogP contribution in [0.4, 0.5) is 5.69 Å². The van der Waals surface area contributed by atoms with Crippen molar-refractivity contribution in [2.24, 2.45) is 7.05 Å². The standard InChI is InChI=1S/C15H17N5/c1-19-10-7-17-14(19)6-9-20-11-8-18-15(20)12-2-4-13(16)5-3-12/h2-5,7-8,10-11H,6,9,16H2,1H3. The number of rotatable bonds is 4. The Morgan fingerprint density at radius 2 is 1.80 bits per heavy atom. The lowest BCUT2D eigenvalue weighted by atomic mass is 10.2. The van der Waals surface area contributed by atoms with E-state index < -0.39 is 0 Å². The largest absolute Gasteiger partial charge is 0.399 e. The van der Waals surface area contributed by atoms with Gasteiger partial charge in [0.1, 0.15) is 11.6 Å². The molecule has 0 unspecified atom stereocenters. The maximum Gasteiger partial charge on any atom is 0.139 e. The summed E-state index contributed by atoms with van der Waals surface area (Å²) in [5.41, 5.74) is 7.56. The highest BCUT2D eigenvalue weighted by Gasteiger charge is 2.07. The summed E-state index contributed by atoms with van der Waals surface area (Å²) in [4.78, 5) is 8.78. The Hall–Kier alpha value is -2.56. The van der Waals surface area contributed by atoms with Gasteiger partial charge in [-0.25, -0.2) is 9.97 Å². The first-order valence-corrected chi connectivity index (χ1v) is 6.57. The van der Waals surface area contributed by atoms with E-state index >= 15 is 0 Å². The molecule has 0 radical (unpaired) electrons. The van der Waals surface area contributed by atoms with E-state index in [0.717, 1.165) is 35.9 Å². The Kier molecular flexibility index (Phi) is 3.25. The van der Waals surface area contributed by atoms with Crippen LogP contribution >= 0.6 is 0 Å². The van der Waals surface area contributed by atoms with Crippen LogP contribution in [0.5, 0.6) is 0 Å². The van der Waals surface area contributed by atoms with Crippen molar-refractivity contribution < 1.29 is 0 Å². The molecule has 0 bridgehead atoms.